The molecule has 0 saturated carbocycles. The number of rotatable bonds is 4. The highest BCUT2D eigenvalue weighted by molar-refractivity contribution is 6.46. The molecule has 4 rings (SSSR count). The molecular formula is C26H24N2O2. The van der Waals surface area contributed by atoms with Gasteiger partial charge >= 0.3 is 0 Å². The summed E-state index contributed by atoms with van der Waals surface area (Å²) >= 11 is 0. The molecule has 0 atom stereocenters. The van der Waals surface area contributed by atoms with Crippen LogP contribution in [0.2, 0.25) is 0 Å². The molecule has 1 aliphatic heterocycles. The molecule has 1 aliphatic rings. The fraction of sp³-hybridized carbons (Fsp3) is 0.154. The highest BCUT2D eigenvalue weighted by Gasteiger charge is 2.42. The van der Waals surface area contributed by atoms with Crippen molar-refractivity contribution in [1.29, 1.82) is 0 Å². The highest BCUT2D eigenvalue weighted by Crippen LogP contribution is 2.38. The third kappa shape index (κ3) is 3.20. The Bertz CT molecular complexity index is 1180. The van der Waals surface area contributed by atoms with Gasteiger partial charge in [-0.2, -0.15) is 0 Å². The van der Waals surface area contributed by atoms with Crippen molar-refractivity contribution in [3.8, 4) is 0 Å². The molecule has 4 heteroatoms. The standard InChI is InChI=1S/C26H24N2O2/c1-17-14-15-21(19(3)16-17)23-24(27(4)20-11-6-5-7-12-20)26(30)28(25(23)29)22-13-9-8-10-18(22)2/h5-16H,1-4H3. The lowest BCUT2D eigenvalue weighted by Crippen LogP contribution is -2.34. The van der Waals surface area contributed by atoms with Gasteiger partial charge in [-0.3, -0.25) is 9.59 Å². The van der Waals surface area contributed by atoms with Crippen LogP contribution in [-0.2, 0) is 9.59 Å². The second-order valence-electron chi connectivity index (χ2n) is 7.67. The fourth-order valence-corrected chi connectivity index (χ4v) is 3.98. The van der Waals surface area contributed by atoms with E-state index >= 15 is 0 Å². The minimum atomic E-state index is -0.310. The number of benzene rings is 3. The summed E-state index contributed by atoms with van der Waals surface area (Å²) in [6.07, 6.45) is 0. The number of hydrogen-bond acceptors (Lipinski definition) is 3. The van der Waals surface area contributed by atoms with Crippen LogP contribution >= 0.6 is 0 Å². The van der Waals surface area contributed by atoms with E-state index in [2.05, 4.69) is 0 Å². The number of carbonyl (C=O) groups is 2. The van der Waals surface area contributed by atoms with E-state index in [0.29, 0.717) is 17.0 Å². The zero-order chi connectivity index (χ0) is 21.4. The van der Waals surface area contributed by atoms with E-state index in [9.17, 15) is 9.59 Å². The number of imide groups is 1. The first-order valence-electron chi connectivity index (χ1n) is 9.95. The number of carbonyl (C=O) groups excluding carboxylic acids is 2. The van der Waals surface area contributed by atoms with Crippen molar-refractivity contribution in [2.24, 2.45) is 0 Å². The third-order valence-electron chi connectivity index (χ3n) is 5.55. The van der Waals surface area contributed by atoms with E-state index in [1.165, 1.54) is 4.90 Å². The van der Waals surface area contributed by atoms with Crippen molar-refractivity contribution in [2.75, 3.05) is 16.8 Å². The SMILES string of the molecule is Cc1ccc(C2=C(N(C)c3ccccc3)C(=O)N(c3ccccc3C)C2=O)c(C)c1. The summed E-state index contributed by atoms with van der Waals surface area (Å²) in [6, 6.07) is 23.1. The first-order chi connectivity index (χ1) is 14.4. The van der Waals surface area contributed by atoms with Gasteiger partial charge in [-0.05, 0) is 55.7 Å². The zero-order valence-corrected chi connectivity index (χ0v) is 17.6. The third-order valence-corrected chi connectivity index (χ3v) is 5.55. The van der Waals surface area contributed by atoms with Crippen LogP contribution in [0.25, 0.3) is 5.57 Å². The predicted octanol–water partition coefficient (Wildman–Crippen LogP) is 5.03. The first kappa shape index (κ1) is 19.6. The minimum absolute atomic E-state index is 0.293. The Hall–Kier alpha value is -3.66. The molecule has 0 spiro atoms. The van der Waals surface area contributed by atoms with E-state index in [0.717, 1.165) is 27.9 Å². The molecular weight excluding hydrogens is 372 g/mol. The molecule has 1 heterocycles. The number of likely N-dealkylation sites (N-methyl/N-ethyl adjacent to an activating group) is 1. The summed E-state index contributed by atoms with van der Waals surface area (Å²) in [6.45, 7) is 5.90. The van der Waals surface area contributed by atoms with Gasteiger partial charge in [-0.1, -0.05) is 60.2 Å². The smallest absolute Gasteiger partial charge is 0.282 e. The molecule has 0 unspecified atom stereocenters. The van der Waals surface area contributed by atoms with Crippen LogP contribution in [0, 0.1) is 20.8 Å². The van der Waals surface area contributed by atoms with E-state index in [4.69, 9.17) is 0 Å². The summed E-state index contributed by atoms with van der Waals surface area (Å²) < 4.78 is 0. The van der Waals surface area contributed by atoms with E-state index < -0.39 is 0 Å². The maximum Gasteiger partial charge on any atom is 0.282 e. The number of nitrogens with zero attached hydrogens (tertiary/aromatic N) is 2. The Morgan fingerprint density at radius 2 is 1.40 bits per heavy atom. The largest absolute Gasteiger partial charge is 0.339 e. The Kier molecular flexibility index (Phi) is 5.00. The van der Waals surface area contributed by atoms with Crippen molar-refractivity contribution in [1.82, 2.24) is 0 Å². The number of aryl methyl sites for hydroxylation is 3. The summed E-state index contributed by atoms with van der Waals surface area (Å²) in [7, 11) is 1.83. The molecule has 0 aromatic heterocycles. The minimum Gasteiger partial charge on any atom is -0.339 e. The average Bonchev–Trinajstić information content (AvgIpc) is 2.99. The van der Waals surface area contributed by atoms with Gasteiger partial charge in [0.1, 0.15) is 5.70 Å². The molecule has 0 fully saturated rings. The fourth-order valence-electron chi connectivity index (χ4n) is 3.98. The van der Waals surface area contributed by atoms with Gasteiger partial charge in [0.05, 0.1) is 11.3 Å². The maximum atomic E-state index is 13.7. The van der Waals surface area contributed by atoms with Crippen LogP contribution in [0.15, 0.2) is 78.5 Å². The summed E-state index contributed by atoms with van der Waals surface area (Å²) in [5, 5.41) is 0. The molecule has 2 amide bonds. The lowest BCUT2D eigenvalue weighted by atomic mass is 9.97. The molecule has 150 valence electrons. The molecule has 30 heavy (non-hydrogen) atoms. The van der Waals surface area contributed by atoms with Gasteiger partial charge in [0.2, 0.25) is 0 Å². The number of amides is 2. The summed E-state index contributed by atoms with van der Waals surface area (Å²) in [5.74, 6) is -0.602. The lowest BCUT2D eigenvalue weighted by molar-refractivity contribution is -0.120. The molecule has 0 radical (unpaired) electrons. The summed E-state index contributed by atoms with van der Waals surface area (Å²) in [4.78, 5) is 30.4. The van der Waals surface area contributed by atoms with E-state index in [1.807, 2.05) is 106 Å². The van der Waals surface area contributed by atoms with Gasteiger partial charge in [-0.25, -0.2) is 4.90 Å². The van der Waals surface area contributed by atoms with Crippen LogP contribution in [-0.4, -0.2) is 18.9 Å². The number of hydrogen-bond donors (Lipinski definition) is 0. The molecule has 0 aliphatic carbocycles. The molecule has 3 aromatic rings. The maximum absolute atomic E-state index is 13.7. The molecule has 0 saturated heterocycles. The topological polar surface area (TPSA) is 40.6 Å². The quantitative estimate of drug-likeness (QED) is 0.581. The lowest BCUT2D eigenvalue weighted by Gasteiger charge is -2.22. The molecule has 4 nitrogen and oxygen atoms in total. The van der Waals surface area contributed by atoms with Crippen LogP contribution in [0.1, 0.15) is 22.3 Å². The second-order valence-corrected chi connectivity index (χ2v) is 7.67. The van der Waals surface area contributed by atoms with Crippen molar-refractivity contribution < 1.29 is 9.59 Å². The van der Waals surface area contributed by atoms with E-state index in [-0.39, 0.29) is 11.8 Å². The predicted molar refractivity (Wildman–Crippen MR) is 121 cm³/mol. The zero-order valence-electron chi connectivity index (χ0n) is 17.6. The van der Waals surface area contributed by atoms with Crippen molar-refractivity contribution in [2.45, 2.75) is 20.8 Å². The van der Waals surface area contributed by atoms with Gasteiger partial charge in [0, 0.05) is 12.7 Å². The molecule has 3 aromatic carbocycles. The normalized spacial score (nSPS) is 13.9. The number of anilines is 2. The Balaban J connectivity index is 1.94. The average molecular weight is 396 g/mol. The monoisotopic (exact) mass is 396 g/mol. The first-order valence-corrected chi connectivity index (χ1v) is 9.95. The van der Waals surface area contributed by atoms with Gasteiger partial charge in [0.25, 0.3) is 11.8 Å². The summed E-state index contributed by atoms with van der Waals surface area (Å²) in [5.41, 5.74) is 6.04. The van der Waals surface area contributed by atoms with Crippen LogP contribution in [0.3, 0.4) is 0 Å². The van der Waals surface area contributed by atoms with Crippen molar-refractivity contribution >= 4 is 28.8 Å². The van der Waals surface area contributed by atoms with Crippen molar-refractivity contribution in [3.63, 3.8) is 0 Å². The Labute approximate surface area is 177 Å². The van der Waals surface area contributed by atoms with Crippen LogP contribution < -0.4 is 9.80 Å². The van der Waals surface area contributed by atoms with Crippen LogP contribution in [0.5, 0.6) is 0 Å². The Morgan fingerprint density at radius 3 is 2.07 bits per heavy atom. The van der Waals surface area contributed by atoms with Gasteiger partial charge in [-0.15, -0.1) is 0 Å². The van der Waals surface area contributed by atoms with Crippen LogP contribution in [0.4, 0.5) is 11.4 Å². The van der Waals surface area contributed by atoms with Crippen molar-refractivity contribution in [3.05, 3.63) is 101 Å². The second kappa shape index (κ2) is 7.64. The number of para-hydroxylation sites is 2. The molecule has 0 bridgehead atoms. The van der Waals surface area contributed by atoms with E-state index in [1.54, 1.807) is 0 Å². The highest BCUT2D eigenvalue weighted by atomic mass is 16.2. The van der Waals surface area contributed by atoms with Gasteiger partial charge < -0.3 is 4.90 Å². The molecule has 0 N–H and O–H groups in total. The van der Waals surface area contributed by atoms with Gasteiger partial charge in [0.15, 0.2) is 0 Å². The Morgan fingerprint density at radius 1 is 0.733 bits per heavy atom.